The van der Waals surface area contributed by atoms with E-state index in [4.69, 9.17) is 0 Å². The molecule has 1 heteroatoms. The Morgan fingerprint density at radius 2 is 1.92 bits per heavy atom. The predicted molar refractivity (Wildman–Crippen MR) is 49.6 cm³/mol. The Morgan fingerprint density at radius 3 is 2.50 bits per heavy atom. The maximum atomic E-state index is 13.0. The van der Waals surface area contributed by atoms with Crippen LogP contribution < -0.4 is 0 Å². The zero-order valence-electron chi connectivity index (χ0n) is 7.17. The molecule has 0 N–H and O–H groups in total. The molecular weight excluding hydrogens is 151 g/mol. The van der Waals surface area contributed by atoms with Gasteiger partial charge in [0.15, 0.2) is 0 Å². The van der Waals surface area contributed by atoms with E-state index >= 15 is 0 Å². The second kappa shape index (κ2) is 4.91. The second-order valence-corrected chi connectivity index (χ2v) is 2.93. The van der Waals surface area contributed by atoms with Crippen LogP contribution in [-0.4, -0.2) is 6.17 Å². The predicted octanol–water partition coefficient (Wildman–Crippen LogP) is 3.18. The van der Waals surface area contributed by atoms with Crippen LogP contribution in [0.5, 0.6) is 0 Å². The lowest BCUT2D eigenvalue weighted by Gasteiger charge is -2.05. The van der Waals surface area contributed by atoms with Crippen molar-refractivity contribution in [3.8, 4) is 0 Å². The van der Waals surface area contributed by atoms with Gasteiger partial charge in [0.1, 0.15) is 6.17 Å². The molecule has 0 bridgehead atoms. The number of hydrogen-bond donors (Lipinski definition) is 0. The zero-order valence-corrected chi connectivity index (χ0v) is 7.17. The van der Waals surface area contributed by atoms with Gasteiger partial charge in [-0.3, -0.25) is 0 Å². The lowest BCUT2D eigenvalue weighted by atomic mass is 10.1. The van der Waals surface area contributed by atoms with Crippen molar-refractivity contribution in [2.24, 2.45) is 0 Å². The monoisotopic (exact) mass is 165 g/mol. The topological polar surface area (TPSA) is 0 Å². The van der Waals surface area contributed by atoms with Crippen molar-refractivity contribution in [2.45, 2.75) is 25.4 Å². The highest BCUT2D eigenvalue weighted by atomic mass is 19.1. The van der Waals surface area contributed by atoms with Crippen LogP contribution in [0.1, 0.15) is 18.4 Å². The first-order valence-electron chi connectivity index (χ1n) is 4.30. The molecule has 0 amide bonds. The van der Waals surface area contributed by atoms with Crippen LogP contribution >= 0.6 is 0 Å². The largest absolute Gasteiger partial charge is 0.247 e. The average molecular weight is 165 g/mol. The van der Waals surface area contributed by atoms with Crippen LogP contribution in [0.25, 0.3) is 0 Å². The molecule has 1 rings (SSSR count). The molecule has 0 aromatic heterocycles. The Labute approximate surface area is 73.4 Å². The molecule has 0 spiro atoms. The smallest absolute Gasteiger partial charge is 0.104 e. The van der Waals surface area contributed by atoms with Gasteiger partial charge in [-0.1, -0.05) is 43.7 Å². The standard InChI is InChI=1S/C11H14F/c1-2-6-11(12)9-10-7-4-3-5-8-10/h3-5,7-8,11H,1-2,6,9H2. The third-order valence-electron chi connectivity index (χ3n) is 1.82. The second-order valence-electron chi connectivity index (χ2n) is 2.93. The number of alkyl halides is 1. The third-order valence-corrected chi connectivity index (χ3v) is 1.82. The Hall–Kier alpha value is -0.850. The fraction of sp³-hybridized carbons (Fsp3) is 0.364. The number of rotatable bonds is 4. The molecule has 1 radical (unpaired) electrons. The lowest BCUT2D eigenvalue weighted by Crippen LogP contribution is -2.03. The van der Waals surface area contributed by atoms with Gasteiger partial charge in [0.05, 0.1) is 0 Å². The van der Waals surface area contributed by atoms with Crippen LogP contribution in [0.15, 0.2) is 30.3 Å². The summed E-state index contributed by atoms with van der Waals surface area (Å²) in [6.07, 6.45) is 1.03. The first-order valence-corrected chi connectivity index (χ1v) is 4.30. The van der Waals surface area contributed by atoms with Gasteiger partial charge >= 0.3 is 0 Å². The zero-order chi connectivity index (χ0) is 8.81. The van der Waals surface area contributed by atoms with E-state index in [2.05, 4.69) is 6.92 Å². The minimum absolute atomic E-state index is 0.524. The highest BCUT2D eigenvalue weighted by Gasteiger charge is 2.04. The molecule has 65 valence electrons. The van der Waals surface area contributed by atoms with E-state index in [0.29, 0.717) is 19.3 Å². The highest BCUT2D eigenvalue weighted by Crippen LogP contribution is 2.09. The first kappa shape index (κ1) is 9.24. The number of benzene rings is 1. The van der Waals surface area contributed by atoms with Crippen LogP contribution in [0.4, 0.5) is 4.39 Å². The molecule has 1 atom stereocenters. The van der Waals surface area contributed by atoms with E-state index in [-0.39, 0.29) is 0 Å². The summed E-state index contributed by atoms with van der Waals surface area (Å²) < 4.78 is 13.0. The van der Waals surface area contributed by atoms with Crippen molar-refractivity contribution in [1.82, 2.24) is 0 Å². The van der Waals surface area contributed by atoms with E-state index in [0.717, 1.165) is 5.56 Å². The molecule has 1 aromatic carbocycles. The normalized spacial score (nSPS) is 12.8. The van der Waals surface area contributed by atoms with Crippen molar-refractivity contribution >= 4 is 0 Å². The maximum absolute atomic E-state index is 13.0. The molecule has 0 heterocycles. The third kappa shape index (κ3) is 3.04. The summed E-state index contributed by atoms with van der Waals surface area (Å²) in [5, 5.41) is 0. The molecule has 0 aliphatic rings. The molecular formula is C11H14F. The van der Waals surface area contributed by atoms with E-state index < -0.39 is 6.17 Å². The molecule has 0 fully saturated rings. The molecule has 0 saturated heterocycles. The molecule has 0 nitrogen and oxygen atoms in total. The van der Waals surface area contributed by atoms with Gasteiger partial charge in [0.2, 0.25) is 0 Å². The summed E-state index contributed by atoms with van der Waals surface area (Å²) in [4.78, 5) is 0. The Morgan fingerprint density at radius 1 is 1.25 bits per heavy atom. The highest BCUT2D eigenvalue weighted by molar-refractivity contribution is 5.15. The molecule has 0 aliphatic heterocycles. The Kier molecular flexibility index (Phi) is 3.78. The molecule has 1 aromatic rings. The lowest BCUT2D eigenvalue weighted by molar-refractivity contribution is 0.314. The average Bonchev–Trinajstić information content (AvgIpc) is 2.06. The fourth-order valence-corrected chi connectivity index (χ4v) is 1.19. The maximum Gasteiger partial charge on any atom is 0.104 e. The summed E-state index contributed by atoms with van der Waals surface area (Å²) in [6, 6.07) is 9.72. The van der Waals surface area contributed by atoms with Crippen molar-refractivity contribution < 1.29 is 4.39 Å². The number of hydrogen-bond acceptors (Lipinski definition) is 0. The summed E-state index contributed by atoms with van der Waals surface area (Å²) in [5.41, 5.74) is 1.07. The van der Waals surface area contributed by atoms with Gasteiger partial charge in [0.25, 0.3) is 0 Å². The van der Waals surface area contributed by atoms with Gasteiger partial charge in [0, 0.05) is 6.42 Å². The Balaban J connectivity index is 2.41. The van der Waals surface area contributed by atoms with E-state index in [1.54, 1.807) is 0 Å². The van der Waals surface area contributed by atoms with Crippen molar-refractivity contribution in [3.05, 3.63) is 42.8 Å². The summed E-state index contributed by atoms with van der Waals surface area (Å²) in [6.45, 7) is 3.63. The summed E-state index contributed by atoms with van der Waals surface area (Å²) in [7, 11) is 0. The van der Waals surface area contributed by atoms with E-state index in [9.17, 15) is 4.39 Å². The molecule has 1 unspecified atom stereocenters. The Bertz CT molecular complexity index is 206. The van der Waals surface area contributed by atoms with Crippen molar-refractivity contribution in [3.63, 3.8) is 0 Å². The quantitative estimate of drug-likeness (QED) is 0.642. The fourth-order valence-electron chi connectivity index (χ4n) is 1.19. The van der Waals surface area contributed by atoms with Gasteiger partial charge in [-0.2, -0.15) is 0 Å². The van der Waals surface area contributed by atoms with E-state index in [1.165, 1.54) is 0 Å². The minimum atomic E-state index is -0.732. The van der Waals surface area contributed by atoms with Gasteiger partial charge in [-0.25, -0.2) is 4.39 Å². The summed E-state index contributed by atoms with van der Waals surface area (Å²) >= 11 is 0. The van der Waals surface area contributed by atoms with E-state index in [1.807, 2.05) is 30.3 Å². The van der Waals surface area contributed by atoms with Crippen LogP contribution in [-0.2, 0) is 6.42 Å². The molecule has 12 heavy (non-hydrogen) atoms. The number of halogens is 1. The van der Waals surface area contributed by atoms with Crippen LogP contribution in [0.3, 0.4) is 0 Å². The van der Waals surface area contributed by atoms with Crippen molar-refractivity contribution in [1.29, 1.82) is 0 Å². The van der Waals surface area contributed by atoms with Crippen molar-refractivity contribution in [2.75, 3.05) is 0 Å². The van der Waals surface area contributed by atoms with Crippen LogP contribution in [0.2, 0.25) is 0 Å². The molecule has 0 aliphatic carbocycles. The SMILES string of the molecule is [CH2]CCC(F)Cc1ccccc1. The van der Waals surface area contributed by atoms with Gasteiger partial charge < -0.3 is 0 Å². The minimum Gasteiger partial charge on any atom is -0.247 e. The van der Waals surface area contributed by atoms with Crippen LogP contribution in [0, 0.1) is 6.92 Å². The van der Waals surface area contributed by atoms with Gasteiger partial charge in [-0.05, 0) is 12.0 Å². The molecule has 0 saturated carbocycles. The summed E-state index contributed by atoms with van der Waals surface area (Å²) in [5.74, 6) is 0. The van der Waals surface area contributed by atoms with Gasteiger partial charge in [-0.15, -0.1) is 0 Å². The first-order chi connectivity index (χ1) is 5.83.